The van der Waals surface area contributed by atoms with Crippen LogP contribution in [0.1, 0.15) is 44.8 Å². The van der Waals surface area contributed by atoms with Crippen LogP contribution in [0.15, 0.2) is 4.52 Å². The lowest BCUT2D eigenvalue weighted by molar-refractivity contribution is -0.0106. The van der Waals surface area contributed by atoms with E-state index in [9.17, 15) is 0 Å². The second-order valence-corrected chi connectivity index (χ2v) is 5.37. The fraction of sp³-hybridized carbons (Fsp3) is 0.857. The summed E-state index contributed by atoms with van der Waals surface area (Å²) < 4.78 is 16.6. The van der Waals surface area contributed by atoms with Gasteiger partial charge < -0.3 is 19.3 Å². The second kappa shape index (κ2) is 7.15. The molecule has 1 aromatic rings. The van der Waals surface area contributed by atoms with Gasteiger partial charge in [0.05, 0.1) is 19.1 Å². The summed E-state index contributed by atoms with van der Waals surface area (Å²) in [5.74, 6) is 1.23. The predicted octanol–water partition coefficient (Wildman–Crippen LogP) is 1.65. The molecule has 0 aromatic carbocycles. The number of methoxy groups -OCH3 is 1. The summed E-state index contributed by atoms with van der Waals surface area (Å²) >= 11 is 0. The van der Waals surface area contributed by atoms with Crippen LogP contribution in [0.2, 0.25) is 0 Å². The van der Waals surface area contributed by atoms with Gasteiger partial charge in [0.1, 0.15) is 5.60 Å². The van der Waals surface area contributed by atoms with E-state index in [0.717, 1.165) is 32.4 Å². The molecule has 1 N–H and O–H groups in total. The number of piperidine rings is 1. The van der Waals surface area contributed by atoms with Crippen molar-refractivity contribution in [1.82, 2.24) is 15.5 Å². The summed E-state index contributed by atoms with van der Waals surface area (Å²) in [5.41, 5.74) is -0.475. The van der Waals surface area contributed by atoms with Crippen LogP contribution >= 0.6 is 0 Å². The van der Waals surface area contributed by atoms with E-state index in [2.05, 4.69) is 15.5 Å². The molecule has 2 heterocycles. The molecule has 20 heavy (non-hydrogen) atoms. The number of aromatic nitrogens is 2. The second-order valence-electron chi connectivity index (χ2n) is 5.37. The smallest absolute Gasteiger partial charge is 0.229 e. The Labute approximate surface area is 120 Å². The Balaban J connectivity index is 1.80. The van der Waals surface area contributed by atoms with Crippen molar-refractivity contribution in [3.05, 3.63) is 11.7 Å². The van der Waals surface area contributed by atoms with E-state index in [-0.39, 0.29) is 0 Å². The van der Waals surface area contributed by atoms with Crippen LogP contribution in [0.3, 0.4) is 0 Å². The van der Waals surface area contributed by atoms with Crippen LogP contribution in [0, 0.1) is 0 Å². The Bertz CT molecular complexity index is 398. The van der Waals surface area contributed by atoms with Gasteiger partial charge in [-0.05, 0) is 39.3 Å². The van der Waals surface area contributed by atoms with E-state index in [0.29, 0.717) is 30.8 Å². The minimum atomic E-state index is -0.475. The lowest BCUT2D eigenvalue weighted by Gasteiger charge is -2.22. The zero-order chi connectivity index (χ0) is 14.4. The van der Waals surface area contributed by atoms with E-state index in [4.69, 9.17) is 14.0 Å². The normalized spacial score (nSPS) is 19.9. The molecule has 2 rings (SSSR count). The average Bonchev–Trinajstić information content (AvgIpc) is 2.97. The number of ether oxygens (including phenoxy) is 2. The number of rotatable bonds is 7. The van der Waals surface area contributed by atoms with Crippen molar-refractivity contribution in [3.63, 3.8) is 0 Å². The van der Waals surface area contributed by atoms with Gasteiger partial charge in [-0.1, -0.05) is 12.1 Å². The van der Waals surface area contributed by atoms with Crippen molar-refractivity contribution in [1.29, 1.82) is 0 Å². The highest BCUT2D eigenvalue weighted by Crippen LogP contribution is 2.25. The minimum Gasteiger partial charge on any atom is -0.378 e. The fourth-order valence-electron chi connectivity index (χ4n) is 2.24. The molecule has 1 aliphatic heterocycles. The predicted molar refractivity (Wildman–Crippen MR) is 74.5 cm³/mol. The van der Waals surface area contributed by atoms with E-state index in [1.807, 2.05) is 13.8 Å². The molecule has 6 heteroatoms. The SMILES string of the molecule is CCC(C)(OC)c1noc(CCOC2CCNCC2)n1. The first-order valence-electron chi connectivity index (χ1n) is 7.38. The first-order chi connectivity index (χ1) is 9.68. The molecule has 1 fully saturated rings. The van der Waals surface area contributed by atoms with Crippen molar-refractivity contribution in [3.8, 4) is 0 Å². The summed E-state index contributed by atoms with van der Waals surface area (Å²) in [6, 6.07) is 0. The van der Waals surface area contributed by atoms with Gasteiger partial charge in [0.2, 0.25) is 11.7 Å². The zero-order valence-electron chi connectivity index (χ0n) is 12.6. The van der Waals surface area contributed by atoms with Crippen molar-refractivity contribution in [2.24, 2.45) is 0 Å². The summed E-state index contributed by atoms with van der Waals surface area (Å²) in [5, 5.41) is 7.34. The lowest BCUT2D eigenvalue weighted by Crippen LogP contribution is -2.32. The Morgan fingerprint density at radius 3 is 2.80 bits per heavy atom. The van der Waals surface area contributed by atoms with Crippen molar-refractivity contribution in [2.45, 2.75) is 51.2 Å². The van der Waals surface area contributed by atoms with Crippen LogP contribution in [-0.2, 0) is 21.5 Å². The molecule has 0 saturated carbocycles. The van der Waals surface area contributed by atoms with Gasteiger partial charge in [-0.3, -0.25) is 0 Å². The van der Waals surface area contributed by atoms with Crippen molar-refractivity contribution >= 4 is 0 Å². The van der Waals surface area contributed by atoms with Gasteiger partial charge in [-0.15, -0.1) is 0 Å². The Morgan fingerprint density at radius 1 is 1.40 bits per heavy atom. The highest BCUT2D eigenvalue weighted by molar-refractivity contribution is 4.99. The van der Waals surface area contributed by atoms with Crippen LogP contribution in [0.4, 0.5) is 0 Å². The maximum Gasteiger partial charge on any atom is 0.229 e. The Morgan fingerprint density at radius 2 is 2.15 bits per heavy atom. The van der Waals surface area contributed by atoms with Crippen LogP contribution in [-0.4, -0.2) is 43.1 Å². The monoisotopic (exact) mass is 283 g/mol. The summed E-state index contributed by atoms with van der Waals surface area (Å²) in [7, 11) is 1.67. The average molecular weight is 283 g/mol. The standard InChI is InChI=1S/C14H25N3O3/c1-4-14(2,18-3)13-16-12(20-17-13)7-10-19-11-5-8-15-9-6-11/h11,15H,4-10H2,1-3H3. The Hall–Kier alpha value is -0.980. The Kier molecular flexibility index (Phi) is 5.51. The molecule has 1 atom stereocenters. The molecular weight excluding hydrogens is 258 g/mol. The first-order valence-corrected chi connectivity index (χ1v) is 7.38. The molecule has 1 aromatic heterocycles. The van der Waals surface area contributed by atoms with Gasteiger partial charge in [-0.2, -0.15) is 4.98 Å². The van der Waals surface area contributed by atoms with Crippen molar-refractivity contribution in [2.75, 3.05) is 26.8 Å². The molecule has 0 bridgehead atoms. The maximum atomic E-state index is 5.84. The molecule has 1 unspecified atom stereocenters. The van der Waals surface area contributed by atoms with Crippen LogP contribution in [0.25, 0.3) is 0 Å². The highest BCUT2D eigenvalue weighted by atomic mass is 16.5. The van der Waals surface area contributed by atoms with E-state index < -0.39 is 5.60 Å². The van der Waals surface area contributed by atoms with Crippen LogP contribution in [0.5, 0.6) is 0 Å². The molecule has 0 aliphatic carbocycles. The third kappa shape index (κ3) is 3.77. The molecular formula is C14H25N3O3. The minimum absolute atomic E-state index is 0.360. The maximum absolute atomic E-state index is 5.84. The van der Waals surface area contributed by atoms with E-state index in [1.165, 1.54) is 0 Å². The number of hydrogen-bond acceptors (Lipinski definition) is 6. The van der Waals surface area contributed by atoms with E-state index in [1.54, 1.807) is 7.11 Å². The molecule has 1 aliphatic rings. The quantitative estimate of drug-likeness (QED) is 0.820. The molecule has 6 nitrogen and oxygen atoms in total. The topological polar surface area (TPSA) is 69.4 Å². The number of hydrogen-bond donors (Lipinski definition) is 1. The van der Waals surface area contributed by atoms with Gasteiger partial charge in [0.15, 0.2) is 0 Å². The zero-order valence-corrected chi connectivity index (χ0v) is 12.6. The van der Waals surface area contributed by atoms with Crippen LogP contribution < -0.4 is 5.32 Å². The van der Waals surface area contributed by atoms with E-state index >= 15 is 0 Å². The molecule has 0 spiro atoms. The fourth-order valence-corrected chi connectivity index (χ4v) is 2.24. The number of nitrogens with one attached hydrogen (secondary N) is 1. The van der Waals surface area contributed by atoms with Gasteiger partial charge in [0.25, 0.3) is 0 Å². The third-order valence-corrected chi connectivity index (χ3v) is 4.02. The lowest BCUT2D eigenvalue weighted by atomic mass is 10.0. The molecule has 1 saturated heterocycles. The molecule has 114 valence electrons. The van der Waals surface area contributed by atoms with Gasteiger partial charge >= 0.3 is 0 Å². The van der Waals surface area contributed by atoms with Gasteiger partial charge in [0, 0.05) is 7.11 Å². The largest absolute Gasteiger partial charge is 0.378 e. The molecule has 0 amide bonds. The summed E-state index contributed by atoms with van der Waals surface area (Å²) in [6.07, 6.45) is 3.96. The summed E-state index contributed by atoms with van der Waals surface area (Å²) in [4.78, 5) is 4.41. The third-order valence-electron chi connectivity index (χ3n) is 4.02. The first kappa shape index (κ1) is 15.4. The highest BCUT2D eigenvalue weighted by Gasteiger charge is 2.29. The van der Waals surface area contributed by atoms with Gasteiger partial charge in [-0.25, -0.2) is 0 Å². The van der Waals surface area contributed by atoms with Crippen molar-refractivity contribution < 1.29 is 14.0 Å². The molecule has 0 radical (unpaired) electrons. The summed E-state index contributed by atoms with van der Waals surface area (Å²) in [6.45, 7) is 6.71. The number of nitrogens with zero attached hydrogens (tertiary/aromatic N) is 2.